The van der Waals surface area contributed by atoms with E-state index in [-0.39, 0.29) is 16.6 Å². The third-order valence-corrected chi connectivity index (χ3v) is 8.22. The summed E-state index contributed by atoms with van der Waals surface area (Å²) in [5, 5.41) is 7.63. The van der Waals surface area contributed by atoms with Crippen molar-refractivity contribution < 1.29 is 31.5 Å². The maximum atomic E-state index is 14.4. The number of amides is 3. The van der Waals surface area contributed by atoms with Crippen LogP contribution in [0.2, 0.25) is 0 Å². The molecule has 1 aliphatic rings. The Morgan fingerprint density at radius 3 is 2.16 bits per heavy atom. The molecule has 10 nitrogen and oxygen atoms in total. The minimum Gasteiger partial charge on any atom is -0.457 e. The molecule has 4 rings (SSSR count). The predicted octanol–water partition coefficient (Wildman–Crippen LogP) is 4.80. The first-order valence-electron chi connectivity index (χ1n) is 13.9. The van der Waals surface area contributed by atoms with Crippen LogP contribution >= 0.6 is 0 Å². The van der Waals surface area contributed by atoms with E-state index in [9.17, 15) is 26.8 Å². The van der Waals surface area contributed by atoms with Crippen LogP contribution in [-0.4, -0.2) is 55.8 Å². The molecule has 1 saturated heterocycles. The first-order valence-corrected chi connectivity index (χ1v) is 15.5. The Balaban J connectivity index is 1.33. The maximum Gasteiger partial charge on any atom is 0.322 e. The third-order valence-electron chi connectivity index (χ3n) is 7.29. The lowest BCUT2D eigenvalue weighted by Crippen LogP contribution is -2.49. The van der Waals surface area contributed by atoms with E-state index >= 15 is 0 Å². The van der Waals surface area contributed by atoms with E-state index in [1.807, 2.05) is 31.2 Å². The fraction of sp³-hybridized carbons (Fsp3) is 0.333. The molecular weight excluding hydrogens is 580 g/mol. The monoisotopic (exact) mass is 615 g/mol. The molecule has 1 heterocycles. The van der Waals surface area contributed by atoms with E-state index in [4.69, 9.17) is 15.6 Å². The van der Waals surface area contributed by atoms with Gasteiger partial charge in [-0.2, -0.15) is 0 Å². The summed E-state index contributed by atoms with van der Waals surface area (Å²) in [5.41, 5.74) is 5.46. The number of nitrogens with one attached hydrogen (secondary N) is 1. The van der Waals surface area contributed by atoms with E-state index in [1.54, 1.807) is 4.90 Å². The number of carbonyl (C=O) groups is 2. The van der Waals surface area contributed by atoms with E-state index < -0.39 is 39.2 Å². The van der Waals surface area contributed by atoms with Gasteiger partial charge in [0, 0.05) is 38.3 Å². The number of rotatable bonds is 11. The van der Waals surface area contributed by atoms with Crippen LogP contribution in [0.15, 0.2) is 65.6 Å². The standard InChI is InChI=1S/C30H35F2N5O5S/c1-2-3-14-37(30(39)35-28-17-25(29(33)38)26(31)18-27(28)32)21-12-15-36(16-13-21)19-20-4-6-22(7-5-20)42-23-8-10-24(11-9-23)43(34,40)41/h4-11,17-18,21H,2-3,12-16,19H2,1H3,(H2,33,38)(H,35,39)(H2,34,40,41). The van der Waals surface area contributed by atoms with Crippen molar-refractivity contribution in [1.29, 1.82) is 0 Å². The second-order valence-corrected chi connectivity index (χ2v) is 12.0. The van der Waals surface area contributed by atoms with Crippen molar-refractivity contribution in [2.24, 2.45) is 10.9 Å². The number of benzene rings is 3. The number of sulfonamides is 1. The summed E-state index contributed by atoms with van der Waals surface area (Å²) in [6.07, 6.45) is 3.05. The number of hydrogen-bond donors (Lipinski definition) is 3. The number of anilines is 1. The van der Waals surface area contributed by atoms with Crippen molar-refractivity contribution in [3.05, 3.63) is 83.4 Å². The number of piperidine rings is 1. The minimum absolute atomic E-state index is 0.00801. The van der Waals surface area contributed by atoms with Crippen molar-refractivity contribution in [3.63, 3.8) is 0 Å². The molecule has 0 bridgehead atoms. The predicted molar refractivity (Wildman–Crippen MR) is 158 cm³/mol. The van der Waals surface area contributed by atoms with Crippen LogP contribution in [0.4, 0.5) is 19.3 Å². The Hall–Kier alpha value is -4.07. The Morgan fingerprint density at radius 1 is 1.00 bits per heavy atom. The number of ether oxygens (including phenoxy) is 1. The highest BCUT2D eigenvalue weighted by Crippen LogP contribution is 2.26. The molecule has 0 atom stereocenters. The van der Waals surface area contributed by atoms with Gasteiger partial charge in [-0.3, -0.25) is 9.69 Å². The molecule has 3 aromatic rings. The van der Waals surface area contributed by atoms with Crippen LogP contribution in [0, 0.1) is 11.6 Å². The van der Waals surface area contributed by atoms with Crippen LogP contribution in [0.3, 0.4) is 0 Å². The van der Waals surface area contributed by atoms with Crippen LogP contribution in [0.25, 0.3) is 0 Å². The Kier molecular flexibility index (Phi) is 10.3. The molecule has 13 heteroatoms. The lowest BCUT2D eigenvalue weighted by atomic mass is 10.0. The van der Waals surface area contributed by atoms with Crippen molar-refractivity contribution in [2.75, 3.05) is 25.0 Å². The van der Waals surface area contributed by atoms with Crippen molar-refractivity contribution in [1.82, 2.24) is 9.80 Å². The summed E-state index contributed by atoms with van der Waals surface area (Å²) in [7, 11) is -3.77. The summed E-state index contributed by atoms with van der Waals surface area (Å²) < 4.78 is 56.9. The highest BCUT2D eigenvalue weighted by molar-refractivity contribution is 7.89. The zero-order valence-corrected chi connectivity index (χ0v) is 24.6. The second kappa shape index (κ2) is 13.9. The molecule has 5 N–H and O–H groups in total. The molecule has 0 aromatic heterocycles. The summed E-state index contributed by atoms with van der Waals surface area (Å²) >= 11 is 0. The van der Waals surface area contributed by atoms with Crippen molar-refractivity contribution >= 4 is 27.6 Å². The van der Waals surface area contributed by atoms with Gasteiger partial charge in [0.25, 0.3) is 5.91 Å². The summed E-state index contributed by atoms with van der Waals surface area (Å²) in [6.45, 7) is 4.67. The number of halogens is 2. The molecule has 0 saturated carbocycles. The van der Waals surface area contributed by atoms with Crippen molar-refractivity contribution in [2.45, 2.75) is 50.1 Å². The molecule has 43 heavy (non-hydrogen) atoms. The molecule has 0 aliphatic carbocycles. The van der Waals surface area contributed by atoms with E-state index in [0.29, 0.717) is 43.5 Å². The number of primary sulfonamides is 1. The van der Waals surface area contributed by atoms with Crippen LogP contribution < -0.4 is 20.9 Å². The lowest BCUT2D eigenvalue weighted by molar-refractivity contribution is 0.0996. The largest absolute Gasteiger partial charge is 0.457 e. The molecule has 0 spiro atoms. The van der Waals surface area contributed by atoms with Gasteiger partial charge in [-0.25, -0.2) is 27.1 Å². The first-order chi connectivity index (χ1) is 20.4. The number of primary amides is 1. The van der Waals surface area contributed by atoms with Gasteiger partial charge in [0.1, 0.15) is 23.1 Å². The fourth-order valence-electron chi connectivity index (χ4n) is 4.94. The Bertz CT molecular complexity index is 1540. The fourth-order valence-corrected chi connectivity index (χ4v) is 5.46. The summed E-state index contributed by atoms with van der Waals surface area (Å²) in [5.74, 6) is -2.05. The molecule has 1 fully saturated rings. The molecule has 1 aliphatic heterocycles. The molecule has 0 unspecified atom stereocenters. The number of urea groups is 1. The van der Waals surface area contributed by atoms with E-state index in [2.05, 4.69) is 10.2 Å². The molecule has 3 amide bonds. The number of carbonyl (C=O) groups excluding carboxylic acids is 2. The van der Waals surface area contributed by atoms with Crippen molar-refractivity contribution in [3.8, 4) is 11.5 Å². The number of likely N-dealkylation sites (tertiary alicyclic amines) is 1. The average molecular weight is 616 g/mol. The SMILES string of the molecule is CCCCN(C(=O)Nc1cc(C(N)=O)c(F)cc1F)C1CCN(Cc2ccc(Oc3ccc(S(N)(=O)=O)cc3)cc2)CC1. The van der Waals surface area contributed by atoms with Gasteiger partial charge in [0.05, 0.1) is 16.1 Å². The van der Waals surface area contributed by atoms with Gasteiger partial charge in [0.2, 0.25) is 10.0 Å². The maximum absolute atomic E-state index is 14.4. The number of nitrogens with two attached hydrogens (primary N) is 2. The van der Waals surface area contributed by atoms with Gasteiger partial charge >= 0.3 is 6.03 Å². The van der Waals surface area contributed by atoms with Gasteiger partial charge < -0.3 is 20.7 Å². The van der Waals surface area contributed by atoms with Crippen LogP contribution in [-0.2, 0) is 16.6 Å². The number of hydrogen-bond acceptors (Lipinski definition) is 6. The molecular formula is C30H35F2N5O5S. The highest BCUT2D eigenvalue weighted by atomic mass is 32.2. The Labute approximate surface area is 249 Å². The zero-order chi connectivity index (χ0) is 31.1. The highest BCUT2D eigenvalue weighted by Gasteiger charge is 2.28. The van der Waals surface area contributed by atoms with Gasteiger partial charge in [0.15, 0.2) is 0 Å². The smallest absolute Gasteiger partial charge is 0.322 e. The quantitative estimate of drug-likeness (QED) is 0.282. The molecule has 230 valence electrons. The van der Waals surface area contributed by atoms with Gasteiger partial charge in [-0.15, -0.1) is 0 Å². The van der Waals surface area contributed by atoms with E-state index in [0.717, 1.165) is 37.6 Å². The Morgan fingerprint density at radius 2 is 1.60 bits per heavy atom. The van der Waals surface area contributed by atoms with Crippen LogP contribution in [0.1, 0.15) is 48.5 Å². The van der Waals surface area contributed by atoms with Crippen LogP contribution in [0.5, 0.6) is 11.5 Å². The zero-order valence-electron chi connectivity index (χ0n) is 23.8. The number of nitrogens with zero attached hydrogens (tertiary/aromatic N) is 2. The normalized spacial score (nSPS) is 14.3. The average Bonchev–Trinajstić information content (AvgIpc) is 2.96. The summed E-state index contributed by atoms with van der Waals surface area (Å²) in [4.78, 5) is 28.7. The van der Waals surface area contributed by atoms with E-state index in [1.165, 1.54) is 24.3 Å². The topological polar surface area (TPSA) is 148 Å². The number of unbranched alkanes of at least 4 members (excludes halogenated alkanes) is 1. The molecule has 0 radical (unpaired) electrons. The lowest BCUT2D eigenvalue weighted by Gasteiger charge is -2.38. The van der Waals surface area contributed by atoms with Gasteiger partial charge in [-0.1, -0.05) is 25.5 Å². The first kappa shape index (κ1) is 31.9. The summed E-state index contributed by atoms with van der Waals surface area (Å²) in [6, 6.07) is 14.3. The van der Waals surface area contributed by atoms with Gasteiger partial charge in [-0.05, 0) is 67.3 Å². The second-order valence-electron chi connectivity index (χ2n) is 10.4. The minimum atomic E-state index is -3.77. The molecule has 3 aromatic carbocycles. The third kappa shape index (κ3) is 8.49.